The third-order valence-corrected chi connectivity index (χ3v) is 8.12. The van der Waals surface area contributed by atoms with Crippen molar-refractivity contribution in [2.45, 2.75) is 119 Å². The highest BCUT2D eigenvalue weighted by Gasteiger charge is 2.31. The fourth-order valence-corrected chi connectivity index (χ4v) is 4.62. The molecule has 0 aromatic rings. The topological polar surface area (TPSA) is 78.9 Å². The molecule has 0 N–H and O–H groups in total. The summed E-state index contributed by atoms with van der Waals surface area (Å²) in [6, 6.07) is 0. The van der Waals surface area contributed by atoms with Crippen LogP contribution in [0.3, 0.4) is 0 Å². The summed E-state index contributed by atoms with van der Waals surface area (Å²) in [7, 11) is 0. The number of rotatable bonds is 18. The van der Waals surface area contributed by atoms with Crippen molar-refractivity contribution in [2.24, 2.45) is 35.5 Å². The van der Waals surface area contributed by atoms with Gasteiger partial charge in [0.2, 0.25) is 0 Å². The summed E-state index contributed by atoms with van der Waals surface area (Å²) in [6.45, 7) is 14.0. The van der Waals surface area contributed by atoms with E-state index in [0.717, 1.165) is 57.8 Å². The van der Waals surface area contributed by atoms with Crippen molar-refractivity contribution in [3.63, 3.8) is 0 Å². The summed E-state index contributed by atoms with van der Waals surface area (Å²) in [6.07, 6.45) is 9.78. The molecule has 6 nitrogen and oxygen atoms in total. The van der Waals surface area contributed by atoms with Gasteiger partial charge in [-0.15, -0.1) is 0 Å². The van der Waals surface area contributed by atoms with Crippen molar-refractivity contribution >= 4 is 17.9 Å². The first-order valence-electron chi connectivity index (χ1n) is 14.6. The Hall–Kier alpha value is -1.59. The summed E-state index contributed by atoms with van der Waals surface area (Å²) < 4.78 is 16.4. The van der Waals surface area contributed by atoms with Gasteiger partial charge in [-0.25, -0.2) is 0 Å². The zero-order valence-corrected chi connectivity index (χ0v) is 24.0. The number of hydrogen-bond donors (Lipinski definition) is 0. The van der Waals surface area contributed by atoms with Gasteiger partial charge in [0, 0.05) is 19.3 Å². The molecule has 1 rings (SSSR count). The predicted molar refractivity (Wildman–Crippen MR) is 143 cm³/mol. The maximum absolute atomic E-state index is 12.3. The van der Waals surface area contributed by atoms with Crippen LogP contribution in [0.15, 0.2) is 0 Å². The van der Waals surface area contributed by atoms with Gasteiger partial charge in [0.15, 0.2) is 0 Å². The molecule has 0 radical (unpaired) electrons. The second-order valence-electron chi connectivity index (χ2n) is 11.4. The summed E-state index contributed by atoms with van der Waals surface area (Å²) in [5, 5.41) is 0. The molecule has 0 aromatic heterocycles. The van der Waals surface area contributed by atoms with E-state index in [4.69, 9.17) is 14.2 Å². The first-order valence-corrected chi connectivity index (χ1v) is 14.6. The molecule has 0 bridgehead atoms. The van der Waals surface area contributed by atoms with Crippen LogP contribution in [0.5, 0.6) is 0 Å². The van der Waals surface area contributed by atoms with Crippen molar-refractivity contribution in [1.82, 2.24) is 0 Å². The zero-order valence-electron chi connectivity index (χ0n) is 24.0. The van der Waals surface area contributed by atoms with Crippen molar-refractivity contribution in [3.8, 4) is 0 Å². The Kier molecular flexibility index (Phi) is 16.8. The Morgan fingerprint density at radius 1 is 0.611 bits per heavy atom. The second kappa shape index (κ2) is 18.6. The van der Waals surface area contributed by atoms with Crippen LogP contribution in [-0.2, 0) is 28.6 Å². The number of esters is 3. The highest BCUT2D eigenvalue weighted by atomic mass is 16.5. The molecule has 210 valence electrons. The van der Waals surface area contributed by atoms with E-state index in [1.165, 1.54) is 0 Å². The molecule has 1 saturated carbocycles. The lowest BCUT2D eigenvalue weighted by atomic mass is 9.69. The molecule has 0 aromatic carbocycles. The van der Waals surface area contributed by atoms with E-state index in [0.29, 0.717) is 74.6 Å². The van der Waals surface area contributed by atoms with Crippen LogP contribution in [0.25, 0.3) is 0 Å². The van der Waals surface area contributed by atoms with Gasteiger partial charge in [-0.05, 0) is 67.6 Å². The minimum atomic E-state index is -0.127. The van der Waals surface area contributed by atoms with E-state index in [9.17, 15) is 14.4 Å². The number of carbonyl (C=O) groups excluding carboxylic acids is 3. The molecule has 0 spiro atoms. The largest absolute Gasteiger partial charge is 0.465 e. The van der Waals surface area contributed by atoms with Gasteiger partial charge in [-0.2, -0.15) is 0 Å². The number of hydrogen-bond acceptors (Lipinski definition) is 6. The molecular formula is C30H54O6. The van der Waals surface area contributed by atoms with E-state index in [1.807, 2.05) is 0 Å². The van der Waals surface area contributed by atoms with E-state index in [1.54, 1.807) is 0 Å². The van der Waals surface area contributed by atoms with Crippen LogP contribution >= 0.6 is 0 Å². The molecule has 6 unspecified atom stereocenters. The summed E-state index contributed by atoms with van der Waals surface area (Å²) in [4.78, 5) is 36.8. The lowest BCUT2D eigenvalue weighted by Gasteiger charge is -2.36. The van der Waals surface area contributed by atoms with Crippen molar-refractivity contribution in [1.29, 1.82) is 0 Å². The predicted octanol–water partition coefficient (Wildman–Crippen LogP) is 7.13. The minimum absolute atomic E-state index is 0.105. The second-order valence-corrected chi connectivity index (χ2v) is 11.4. The van der Waals surface area contributed by atoms with Gasteiger partial charge in [-0.1, -0.05) is 67.2 Å². The molecule has 1 fully saturated rings. The SMILES string of the molecule is CCC(C)COC(=O)CCC1CCC(CCC(=O)OCC(C)CC)C(CCC(=O)OCC(C)CC)C1. The molecule has 0 amide bonds. The van der Waals surface area contributed by atoms with Crippen molar-refractivity contribution < 1.29 is 28.6 Å². The quantitative estimate of drug-likeness (QED) is 0.144. The summed E-state index contributed by atoms with van der Waals surface area (Å²) in [5.41, 5.74) is 0. The Balaban J connectivity index is 2.59. The van der Waals surface area contributed by atoms with Gasteiger partial charge in [0.25, 0.3) is 0 Å². The van der Waals surface area contributed by atoms with E-state index in [2.05, 4.69) is 41.5 Å². The monoisotopic (exact) mass is 510 g/mol. The van der Waals surface area contributed by atoms with E-state index >= 15 is 0 Å². The Morgan fingerprint density at radius 2 is 1.00 bits per heavy atom. The first kappa shape index (κ1) is 32.4. The van der Waals surface area contributed by atoms with E-state index in [-0.39, 0.29) is 17.9 Å². The fourth-order valence-electron chi connectivity index (χ4n) is 4.62. The van der Waals surface area contributed by atoms with Crippen molar-refractivity contribution in [2.75, 3.05) is 19.8 Å². The van der Waals surface area contributed by atoms with Gasteiger partial charge < -0.3 is 14.2 Å². The minimum Gasteiger partial charge on any atom is -0.465 e. The summed E-state index contributed by atoms with van der Waals surface area (Å²) >= 11 is 0. The molecule has 1 aliphatic carbocycles. The summed E-state index contributed by atoms with van der Waals surface area (Å²) in [5.74, 6) is 2.02. The van der Waals surface area contributed by atoms with Gasteiger partial charge in [0.1, 0.15) is 0 Å². The molecular weight excluding hydrogens is 456 g/mol. The Morgan fingerprint density at radius 3 is 1.42 bits per heavy atom. The van der Waals surface area contributed by atoms with Crippen LogP contribution in [0.1, 0.15) is 119 Å². The molecule has 0 heterocycles. The highest BCUT2D eigenvalue weighted by Crippen LogP contribution is 2.41. The fraction of sp³-hybridized carbons (Fsp3) is 0.900. The zero-order chi connectivity index (χ0) is 26.9. The van der Waals surface area contributed by atoms with Gasteiger partial charge in [0.05, 0.1) is 19.8 Å². The lowest BCUT2D eigenvalue weighted by molar-refractivity contribution is -0.147. The maximum atomic E-state index is 12.3. The van der Waals surface area contributed by atoms with Crippen molar-refractivity contribution in [3.05, 3.63) is 0 Å². The van der Waals surface area contributed by atoms with E-state index < -0.39 is 0 Å². The molecule has 0 saturated heterocycles. The van der Waals surface area contributed by atoms with Crippen LogP contribution < -0.4 is 0 Å². The molecule has 0 aliphatic heterocycles. The van der Waals surface area contributed by atoms with Crippen LogP contribution in [0.4, 0.5) is 0 Å². The van der Waals surface area contributed by atoms with Gasteiger partial charge >= 0.3 is 17.9 Å². The third-order valence-electron chi connectivity index (χ3n) is 8.12. The average Bonchev–Trinajstić information content (AvgIpc) is 2.89. The lowest BCUT2D eigenvalue weighted by Crippen LogP contribution is -2.27. The smallest absolute Gasteiger partial charge is 0.305 e. The number of ether oxygens (including phenoxy) is 3. The standard InChI is InChI=1S/C30H54O6/c1-7-22(4)19-34-28(31)15-11-25-10-12-26(13-16-29(32)35-20-23(5)8-2)27(18-25)14-17-30(33)36-21-24(6)9-3/h22-27H,7-21H2,1-6H3. The normalized spacial score (nSPS) is 22.3. The van der Waals surface area contributed by atoms with Gasteiger partial charge in [-0.3, -0.25) is 14.4 Å². The molecule has 1 aliphatic rings. The Bertz CT molecular complexity index is 633. The third kappa shape index (κ3) is 14.2. The number of carbonyl (C=O) groups is 3. The Labute approximate surface area is 220 Å². The molecule has 6 atom stereocenters. The van der Waals surface area contributed by atoms with Crippen LogP contribution in [0, 0.1) is 35.5 Å². The van der Waals surface area contributed by atoms with Crippen LogP contribution in [0.2, 0.25) is 0 Å². The molecule has 6 heteroatoms. The average molecular weight is 511 g/mol. The van der Waals surface area contributed by atoms with Crippen LogP contribution in [-0.4, -0.2) is 37.7 Å². The highest BCUT2D eigenvalue weighted by molar-refractivity contribution is 5.70. The maximum Gasteiger partial charge on any atom is 0.305 e. The molecule has 36 heavy (non-hydrogen) atoms. The first-order chi connectivity index (χ1) is 17.2.